The molecule has 11 aromatic rings. The fraction of sp³-hybridized carbons (Fsp3) is 0. The molecule has 0 atom stereocenters. The summed E-state index contributed by atoms with van der Waals surface area (Å²) in [6, 6.07) is 0. The van der Waals surface area contributed by atoms with E-state index in [1.165, 1.54) is 0 Å². The minimum Gasteiger partial charge on any atom is -2.00 e. The minimum atomic E-state index is -2.19. The average molecular weight is 1390 g/mol. The Balaban J connectivity index is -0.0000000954. The van der Waals surface area contributed by atoms with E-state index in [9.17, 15) is 0 Å². The van der Waals surface area contributed by atoms with Crippen LogP contribution in [0, 0.1) is 59.9 Å². The van der Waals surface area contributed by atoms with E-state index in [0.29, 0.717) is 0 Å². The molecule has 11 aromatic heterocycles. The molecule has 0 saturated heterocycles. The molecule has 11 heterocycles. The Morgan fingerprint density at radius 1 is 0.250 bits per heavy atom. The van der Waals surface area contributed by atoms with Crippen molar-refractivity contribution in [3.8, 4) is 0 Å². The molecule has 11 rings (SSSR count). The number of imidazole rings is 11. The summed E-state index contributed by atoms with van der Waals surface area (Å²) in [5.74, 6) is -4.37. The molecular formula is C35H46N22Np2O9-10. The SMILES string of the molecule is O.O=C([O-])C(=O)[O-].[Np].[Np].[O-2].[O-2].[O-2].[O-2].c1c[nH]cn1.c1c[nH]cn1.c1c[nH]cn1.c1c[nH]cn1.c1c[nH]cn1.c1c[nH]cn1.c1c[nH]cn1.c1c[nH]cn1.c1c[nH]cn1.c1c[nH]cn1.c1c[nH]cn1. The Kier molecular flexibility index (Phi) is 80.4. The van der Waals surface area contributed by atoms with E-state index >= 15 is 0 Å². The molecule has 33 heteroatoms. The standard InChI is InChI=1S/11C3H4N2.C2H2O4.2Np.H2O.4O/c11*1-2-5-3-4-1;3-1(4)2(5)6;;;;;;;/h11*1-3H,(H,4,5);(H,3,4)(H,5,6);;;1H2;;;;/q;;;;;;;;;;;;;;;4*-2/p-2. The molecule has 0 fully saturated rings. The summed E-state index contributed by atoms with van der Waals surface area (Å²) in [7, 11) is 0. The third-order valence-electron chi connectivity index (χ3n) is 4.63. The Morgan fingerprint density at radius 3 is 0.353 bits per heavy atom. The molecule has 68 heavy (non-hydrogen) atoms. The molecule has 0 bridgehead atoms. The Bertz CT molecular complexity index is 1420. The van der Waals surface area contributed by atoms with Crippen molar-refractivity contribution in [2.75, 3.05) is 0 Å². The molecule has 13 N–H and O–H groups in total. The number of carbonyl (C=O) groups is 2. The van der Waals surface area contributed by atoms with Crippen LogP contribution in [0.2, 0.25) is 0 Å². The summed E-state index contributed by atoms with van der Waals surface area (Å²) < 4.78 is 0. The average Bonchev–Trinajstić information content (AvgIpc) is 4.21. The fourth-order valence-corrected chi connectivity index (χ4v) is 2.37. The van der Waals surface area contributed by atoms with Gasteiger partial charge in [-0.25, -0.2) is 54.8 Å². The number of aliphatic carboxylic acids is 2. The first-order chi connectivity index (χ1) is 30.1. The van der Waals surface area contributed by atoms with Crippen molar-refractivity contribution in [1.82, 2.24) is 110 Å². The van der Waals surface area contributed by atoms with Crippen LogP contribution in [-0.4, -0.2) is 127 Å². The fourth-order valence-electron chi connectivity index (χ4n) is 2.37. The predicted molar refractivity (Wildman–Crippen MR) is 221 cm³/mol. The van der Waals surface area contributed by atoms with E-state index < -0.39 is 11.9 Å². The van der Waals surface area contributed by atoms with Gasteiger partial charge >= 0.3 is 0 Å². The van der Waals surface area contributed by atoms with E-state index in [2.05, 4.69) is 110 Å². The maximum Gasteiger partial charge on any atom is 0.0919 e. The number of aromatic nitrogens is 22. The molecule has 0 amide bonds. The van der Waals surface area contributed by atoms with Crippen molar-refractivity contribution in [3.05, 3.63) is 206 Å². The number of nitrogens with zero attached hydrogens (tertiary/aromatic N) is 11. The molecule has 31 nitrogen and oxygen atoms in total. The van der Waals surface area contributed by atoms with Gasteiger partial charge in [0.1, 0.15) is 0 Å². The van der Waals surface area contributed by atoms with Gasteiger partial charge in [-0.3, -0.25) is 0 Å². The van der Waals surface area contributed by atoms with Crippen LogP contribution >= 0.6 is 0 Å². The van der Waals surface area contributed by atoms with Gasteiger partial charge in [-0.1, -0.05) is 0 Å². The van der Waals surface area contributed by atoms with Crippen molar-refractivity contribution >= 4 is 11.9 Å². The Morgan fingerprint density at radius 2 is 0.338 bits per heavy atom. The Hall–Kier alpha value is -7.92. The molecule has 0 aliphatic rings. The van der Waals surface area contributed by atoms with Gasteiger partial charge in [0, 0.05) is 196 Å². The van der Waals surface area contributed by atoms with Crippen molar-refractivity contribution in [2.24, 2.45) is 0 Å². The van der Waals surface area contributed by atoms with Gasteiger partial charge in [0.05, 0.1) is 81.5 Å². The molecule has 0 aromatic carbocycles. The van der Waals surface area contributed by atoms with Gasteiger partial charge in [-0.05, 0) is 0 Å². The monoisotopic (exact) mass is 1390 g/mol. The van der Waals surface area contributed by atoms with Crippen molar-refractivity contribution < 1.29 is 107 Å². The summed E-state index contributed by atoms with van der Waals surface area (Å²) in [6.07, 6.45) is 55.9. The van der Waals surface area contributed by atoms with Gasteiger partial charge in [0.25, 0.3) is 0 Å². The number of carboxylic acid groups (broad SMARTS) is 2. The molecule has 0 unspecified atom stereocenters. The first-order valence-electron chi connectivity index (χ1n) is 16.8. The van der Waals surface area contributed by atoms with Crippen molar-refractivity contribution in [1.29, 1.82) is 0 Å². The molecular weight excluding hydrogens is 1350 g/mol. The second-order valence-corrected chi connectivity index (χ2v) is 8.94. The summed E-state index contributed by atoms with van der Waals surface area (Å²) in [4.78, 5) is 88.4. The van der Waals surface area contributed by atoms with Crippen LogP contribution in [0.15, 0.2) is 206 Å². The predicted octanol–water partition coefficient (Wildman–Crippen LogP) is -0.307. The number of carboxylic acids is 2. The first-order valence-corrected chi connectivity index (χ1v) is 16.8. The molecule has 0 saturated carbocycles. The number of carbonyl (C=O) groups excluding carboxylic acids is 2. The number of H-pyrrole nitrogens is 11. The molecule has 0 spiro atoms. The van der Waals surface area contributed by atoms with Gasteiger partial charge in [0.2, 0.25) is 0 Å². The van der Waals surface area contributed by atoms with Gasteiger partial charge in [-0.2, -0.15) is 0 Å². The van der Waals surface area contributed by atoms with Crippen LogP contribution in [0.25, 0.3) is 0 Å². The van der Waals surface area contributed by atoms with E-state index in [4.69, 9.17) is 19.8 Å². The summed E-state index contributed by atoms with van der Waals surface area (Å²) >= 11 is 0. The minimum absolute atomic E-state index is 0. The van der Waals surface area contributed by atoms with Crippen LogP contribution < -0.4 is 10.2 Å². The number of aromatic amines is 11. The quantitative estimate of drug-likeness (QED) is 0.0868. The van der Waals surface area contributed by atoms with E-state index in [0.717, 1.165) is 0 Å². The second kappa shape index (κ2) is 70.7. The summed E-state index contributed by atoms with van der Waals surface area (Å²) in [5, 5.41) is 17.9. The molecule has 370 valence electrons. The third-order valence-corrected chi connectivity index (χ3v) is 4.63. The molecule has 2 radical (unpaired) electrons. The zero-order chi connectivity index (χ0) is 44.0. The van der Waals surface area contributed by atoms with Crippen LogP contribution in [0.5, 0.6) is 0 Å². The van der Waals surface area contributed by atoms with Gasteiger partial charge in [-0.15, -0.1) is 0 Å². The van der Waals surface area contributed by atoms with Crippen LogP contribution in [0.1, 0.15) is 0 Å². The van der Waals surface area contributed by atoms with Crippen LogP contribution in [0.3, 0.4) is 0 Å². The van der Waals surface area contributed by atoms with Crippen molar-refractivity contribution in [3.63, 3.8) is 0 Å². The third kappa shape index (κ3) is 72.5. The Labute approximate surface area is 431 Å². The second-order valence-electron chi connectivity index (χ2n) is 8.94. The summed E-state index contributed by atoms with van der Waals surface area (Å²) in [6.45, 7) is 0. The van der Waals surface area contributed by atoms with E-state index in [1.807, 2.05) is 0 Å². The zero-order valence-electron chi connectivity index (χ0n) is 35.1. The summed E-state index contributed by atoms with van der Waals surface area (Å²) in [5.41, 5.74) is 0. The molecule has 0 aliphatic heterocycles. The van der Waals surface area contributed by atoms with Crippen LogP contribution in [0.4, 0.5) is 0 Å². The first kappa shape index (κ1) is 77.3. The number of hydrogen-bond donors (Lipinski definition) is 11. The largest absolute Gasteiger partial charge is 2.00 e. The maximum atomic E-state index is 8.93. The zero-order valence-corrected chi connectivity index (χ0v) is 42.6. The van der Waals surface area contributed by atoms with Gasteiger partial charge < -0.3 is 102 Å². The van der Waals surface area contributed by atoms with E-state index in [-0.39, 0.29) is 87.3 Å². The van der Waals surface area contributed by atoms with Crippen molar-refractivity contribution in [2.45, 2.75) is 0 Å². The number of rotatable bonds is 0. The van der Waals surface area contributed by atoms with Gasteiger partial charge in [0.15, 0.2) is 0 Å². The van der Waals surface area contributed by atoms with E-state index in [1.54, 1.807) is 206 Å². The maximum absolute atomic E-state index is 8.93. The molecule has 0 aliphatic carbocycles. The topological polar surface area (TPSA) is 541 Å². The normalized spacial score (nSPS) is 7.12. The smallest absolute Gasteiger partial charge is 0.0919 e. The van der Waals surface area contributed by atoms with Crippen LogP contribution in [-0.2, 0) is 31.5 Å². The number of nitrogens with one attached hydrogen (secondary N) is 11. The number of hydrogen-bond acceptors (Lipinski definition) is 15.